The van der Waals surface area contributed by atoms with Crippen molar-refractivity contribution >= 4 is 23.8 Å². The maximum Gasteiger partial charge on any atom is 0.344 e. The van der Waals surface area contributed by atoms with Crippen LogP contribution in [0.3, 0.4) is 0 Å². The number of nitrogens with zero attached hydrogens (tertiary/aromatic N) is 3. The van der Waals surface area contributed by atoms with Crippen molar-refractivity contribution in [1.29, 1.82) is 0 Å². The molecule has 0 radical (unpaired) electrons. The zero-order valence-electron chi connectivity index (χ0n) is 18.4. The molecule has 11 nitrogen and oxygen atoms in total. The highest BCUT2D eigenvalue weighted by Gasteiger charge is 2.50. The first-order chi connectivity index (χ1) is 15.8. The number of carbonyl (C=O) groups is 4. The monoisotopic (exact) mass is 455 g/mol. The number of piperazine rings is 1. The number of ether oxygens (including phenoxy) is 1. The van der Waals surface area contributed by atoms with Gasteiger partial charge in [-0.15, -0.1) is 0 Å². The average molecular weight is 455 g/mol. The number of nitrogens with one attached hydrogen (secondary N) is 2. The Morgan fingerprint density at radius 2 is 1.91 bits per heavy atom. The lowest BCUT2D eigenvalue weighted by Crippen LogP contribution is -2.54. The van der Waals surface area contributed by atoms with E-state index >= 15 is 0 Å². The third-order valence-corrected chi connectivity index (χ3v) is 5.83. The van der Waals surface area contributed by atoms with Crippen LogP contribution in [-0.2, 0) is 15.1 Å². The van der Waals surface area contributed by atoms with E-state index in [0.717, 1.165) is 0 Å². The molecule has 1 aromatic carbocycles. The number of hydrazine groups is 1. The van der Waals surface area contributed by atoms with Crippen molar-refractivity contribution in [3.05, 3.63) is 54.0 Å². The Bertz CT molecular complexity index is 1060. The van der Waals surface area contributed by atoms with Gasteiger partial charge in [0, 0.05) is 26.2 Å². The Balaban J connectivity index is 1.33. The highest BCUT2D eigenvalue weighted by molar-refractivity contribution is 6.08. The molecule has 2 fully saturated rings. The average Bonchev–Trinajstić information content (AvgIpc) is 3.43. The predicted molar refractivity (Wildman–Crippen MR) is 115 cm³/mol. The van der Waals surface area contributed by atoms with Crippen LogP contribution >= 0.6 is 0 Å². The van der Waals surface area contributed by atoms with Crippen LogP contribution in [0.2, 0.25) is 0 Å². The predicted octanol–water partition coefficient (Wildman–Crippen LogP) is 0.544. The van der Waals surface area contributed by atoms with Crippen molar-refractivity contribution in [3.63, 3.8) is 0 Å². The van der Waals surface area contributed by atoms with E-state index in [1.807, 2.05) is 4.90 Å². The summed E-state index contributed by atoms with van der Waals surface area (Å²) >= 11 is 0. The minimum atomic E-state index is -1.34. The third kappa shape index (κ3) is 4.40. The Morgan fingerprint density at radius 1 is 1.15 bits per heavy atom. The molecule has 1 atom stereocenters. The topological polar surface area (TPSA) is 124 Å². The lowest BCUT2D eigenvalue weighted by Gasteiger charge is -2.34. The van der Waals surface area contributed by atoms with Gasteiger partial charge in [0.25, 0.3) is 17.7 Å². The summed E-state index contributed by atoms with van der Waals surface area (Å²) in [7, 11) is 1.51. The molecule has 0 saturated carbocycles. The molecule has 33 heavy (non-hydrogen) atoms. The first kappa shape index (κ1) is 22.3. The van der Waals surface area contributed by atoms with Crippen molar-refractivity contribution in [3.8, 4) is 5.75 Å². The van der Waals surface area contributed by atoms with Crippen LogP contribution in [0.1, 0.15) is 23.0 Å². The SMILES string of the molecule is COc1cccc(C2(C)NC(=O)N(NC(=O)CN3CCN(C(=O)c4ccco4)CC3)C2=O)c1. The summed E-state index contributed by atoms with van der Waals surface area (Å²) in [4.78, 5) is 53.9. The number of furan rings is 1. The number of hydrogen-bond acceptors (Lipinski definition) is 7. The van der Waals surface area contributed by atoms with Gasteiger partial charge in [0.15, 0.2) is 5.76 Å². The lowest BCUT2D eigenvalue weighted by atomic mass is 9.92. The molecule has 1 aromatic heterocycles. The summed E-state index contributed by atoms with van der Waals surface area (Å²) in [6.45, 7) is 3.37. The molecule has 2 aromatic rings. The van der Waals surface area contributed by atoms with Gasteiger partial charge < -0.3 is 19.4 Å². The van der Waals surface area contributed by atoms with Gasteiger partial charge in [0.1, 0.15) is 11.3 Å². The number of imide groups is 1. The summed E-state index contributed by atoms with van der Waals surface area (Å²) in [5.74, 6) is -0.468. The normalized spacial score (nSPS) is 21.2. The van der Waals surface area contributed by atoms with Crippen LogP contribution in [0, 0.1) is 0 Å². The molecule has 1 unspecified atom stereocenters. The molecule has 11 heteroatoms. The van der Waals surface area contributed by atoms with Gasteiger partial charge in [0.05, 0.1) is 19.9 Å². The van der Waals surface area contributed by atoms with E-state index < -0.39 is 23.4 Å². The van der Waals surface area contributed by atoms with Crippen molar-refractivity contribution in [1.82, 2.24) is 25.6 Å². The van der Waals surface area contributed by atoms with Gasteiger partial charge in [0.2, 0.25) is 0 Å². The van der Waals surface area contributed by atoms with Crippen molar-refractivity contribution in [2.75, 3.05) is 39.8 Å². The maximum absolute atomic E-state index is 13.0. The first-order valence-electron chi connectivity index (χ1n) is 10.5. The molecular formula is C22H25N5O6. The fourth-order valence-corrected chi connectivity index (χ4v) is 3.90. The summed E-state index contributed by atoms with van der Waals surface area (Å²) in [5.41, 5.74) is 1.60. The smallest absolute Gasteiger partial charge is 0.344 e. The largest absolute Gasteiger partial charge is 0.497 e. The molecule has 0 spiro atoms. The molecule has 2 N–H and O–H groups in total. The summed E-state index contributed by atoms with van der Waals surface area (Å²) in [6, 6.07) is 9.37. The van der Waals surface area contributed by atoms with Crippen LogP contribution < -0.4 is 15.5 Å². The lowest BCUT2D eigenvalue weighted by molar-refractivity contribution is -0.139. The highest BCUT2D eigenvalue weighted by Crippen LogP contribution is 2.30. The van der Waals surface area contributed by atoms with Crippen LogP contribution in [0.15, 0.2) is 47.1 Å². The molecule has 0 aliphatic carbocycles. The van der Waals surface area contributed by atoms with E-state index in [1.54, 1.807) is 48.2 Å². The standard InChI is InChI=1S/C22H25N5O6/c1-22(15-5-3-6-16(13-15)32-2)20(30)27(21(31)23-22)24-18(28)14-25-8-10-26(11-9-25)19(29)17-7-4-12-33-17/h3-7,12-13H,8-11,14H2,1-2H3,(H,23,31)(H,24,28). The Kier molecular flexibility index (Phi) is 6.05. The number of benzene rings is 1. The molecule has 2 saturated heterocycles. The summed E-state index contributed by atoms with van der Waals surface area (Å²) < 4.78 is 10.3. The second-order valence-electron chi connectivity index (χ2n) is 8.01. The second kappa shape index (κ2) is 8.94. The minimum absolute atomic E-state index is 0.0181. The van der Waals surface area contributed by atoms with Crippen LogP contribution in [0.4, 0.5) is 4.79 Å². The Morgan fingerprint density at radius 3 is 2.58 bits per heavy atom. The van der Waals surface area contributed by atoms with E-state index in [1.165, 1.54) is 13.4 Å². The Hall–Kier alpha value is -3.86. The van der Waals surface area contributed by atoms with E-state index in [9.17, 15) is 19.2 Å². The first-order valence-corrected chi connectivity index (χ1v) is 10.5. The molecule has 0 bridgehead atoms. The number of hydrogen-bond donors (Lipinski definition) is 2. The van der Waals surface area contributed by atoms with E-state index in [-0.39, 0.29) is 18.2 Å². The molecule has 2 aliphatic heterocycles. The minimum Gasteiger partial charge on any atom is -0.497 e. The van der Waals surface area contributed by atoms with Gasteiger partial charge in [-0.1, -0.05) is 12.1 Å². The van der Waals surface area contributed by atoms with E-state index in [2.05, 4.69) is 10.7 Å². The van der Waals surface area contributed by atoms with Crippen molar-refractivity contribution in [2.45, 2.75) is 12.5 Å². The van der Waals surface area contributed by atoms with Crippen LogP contribution in [-0.4, -0.2) is 78.4 Å². The number of carbonyl (C=O) groups excluding carboxylic acids is 4. The molecule has 3 heterocycles. The zero-order valence-corrected chi connectivity index (χ0v) is 18.4. The number of urea groups is 1. The second-order valence-corrected chi connectivity index (χ2v) is 8.01. The van der Waals surface area contributed by atoms with Gasteiger partial charge in [-0.2, -0.15) is 5.01 Å². The molecule has 4 rings (SSSR count). The van der Waals surface area contributed by atoms with E-state index in [0.29, 0.717) is 42.5 Å². The van der Waals surface area contributed by atoms with Gasteiger partial charge in [-0.05, 0) is 36.8 Å². The zero-order chi connectivity index (χ0) is 23.6. The molecule has 5 amide bonds. The van der Waals surface area contributed by atoms with Crippen molar-refractivity contribution < 1.29 is 28.3 Å². The molecule has 2 aliphatic rings. The Labute approximate surface area is 190 Å². The van der Waals surface area contributed by atoms with Gasteiger partial charge in [-0.3, -0.25) is 24.7 Å². The number of rotatable bonds is 6. The highest BCUT2D eigenvalue weighted by atomic mass is 16.5. The summed E-state index contributed by atoms with van der Waals surface area (Å²) in [6.07, 6.45) is 1.45. The number of methoxy groups -OCH3 is 1. The van der Waals surface area contributed by atoms with E-state index in [4.69, 9.17) is 9.15 Å². The maximum atomic E-state index is 13.0. The molecule has 174 valence electrons. The van der Waals surface area contributed by atoms with Gasteiger partial charge in [-0.25, -0.2) is 4.79 Å². The third-order valence-electron chi connectivity index (χ3n) is 5.83. The molecular weight excluding hydrogens is 430 g/mol. The fraction of sp³-hybridized carbons (Fsp3) is 0.364. The summed E-state index contributed by atoms with van der Waals surface area (Å²) in [5, 5.41) is 3.35. The van der Waals surface area contributed by atoms with Crippen LogP contribution in [0.5, 0.6) is 5.75 Å². The van der Waals surface area contributed by atoms with Gasteiger partial charge >= 0.3 is 6.03 Å². The van der Waals surface area contributed by atoms with Crippen molar-refractivity contribution in [2.24, 2.45) is 0 Å². The quantitative estimate of drug-likeness (QED) is 0.610. The fourth-order valence-electron chi connectivity index (χ4n) is 3.90. The number of amides is 5. The van der Waals surface area contributed by atoms with Crippen LogP contribution in [0.25, 0.3) is 0 Å².